The van der Waals surface area contributed by atoms with Gasteiger partial charge in [-0.15, -0.1) is 0 Å². The minimum absolute atomic E-state index is 0.0313. The highest BCUT2D eigenvalue weighted by molar-refractivity contribution is 5.08. The molecular formula is C9H10O4. The monoisotopic (exact) mass is 182 g/mol. The van der Waals surface area contributed by atoms with E-state index < -0.39 is 0 Å². The topological polar surface area (TPSA) is 36.9 Å². The quantitative estimate of drug-likeness (QED) is 0.539. The molecule has 8 atom stereocenters. The maximum absolute atomic E-state index is 5.73. The molecule has 4 heterocycles. The molecule has 1 saturated carbocycles. The third-order valence-corrected chi connectivity index (χ3v) is 4.38. The van der Waals surface area contributed by atoms with E-state index in [1.165, 1.54) is 6.42 Å². The van der Waals surface area contributed by atoms with Crippen LogP contribution in [0.2, 0.25) is 0 Å². The summed E-state index contributed by atoms with van der Waals surface area (Å²) in [4.78, 5) is 0. The standard InChI is InChI=1S/C9H10O4/c1-2-4-5-3(1)7-10-6(2)11-8(4)13-9(5)12-7/h2-9H,1H2/t2?,3?,4?,5?,6-,7+,8+,9-. The lowest BCUT2D eigenvalue weighted by molar-refractivity contribution is -0.349. The summed E-state index contributed by atoms with van der Waals surface area (Å²) in [6.07, 6.45) is 1.08. The third kappa shape index (κ3) is 0.501. The molecular weight excluding hydrogens is 172 g/mol. The summed E-state index contributed by atoms with van der Waals surface area (Å²) < 4.78 is 22.8. The van der Waals surface area contributed by atoms with E-state index in [1.54, 1.807) is 0 Å². The van der Waals surface area contributed by atoms with Crippen LogP contribution in [0.4, 0.5) is 0 Å². The summed E-state index contributed by atoms with van der Waals surface area (Å²) in [5.41, 5.74) is 0. The number of rotatable bonds is 0. The summed E-state index contributed by atoms with van der Waals surface area (Å²) in [5, 5.41) is 0. The van der Waals surface area contributed by atoms with Crippen LogP contribution < -0.4 is 0 Å². The van der Waals surface area contributed by atoms with Gasteiger partial charge in [0.05, 0.1) is 0 Å². The van der Waals surface area contributed by atoms with E-state index in [-0.39, 0.29) is 25.2 Å². The van der Waals surface area contributed by atoms with Crippen molar-refractivity contribution in [1.29, 1.82) is 0 Å². The molecule has 70 valence electrons. The Bertz CT molecular complexity index is 261. The second-order valence-electron chi connectivity index (χ2n) is 4.74. The van der Waals surface area contributed by atoms with Crippen molar-refractivity contribution in [3.8, 4) is 0 Å². The lowest BCUT2D eigenvalue weighted by Gasteiger charge is -2.31. The van der Waals surface area contributed by atoms with E-state index in [4.69, 9.17) is 18.9 Å². The summed E-state index contributed by atoms with van der Waals surface area (Å²) in [5.74, 6) is 2.30. The van der Waals surface area contributed by atoms with Crippen molar-refractivity contribution >= 4 is 0 Å². The zero-order valence-corrected chi connectivity index (χ0v) is 6.96. The van der Waals surface area contributed by atoms with Crippen LogP contribution in [-0.2, 0) is 18.9 Å². The molecule has 5 aliphatic rings. The fraction of sp³-hybridized carbons (Fsp3) is 1.00. The van der Waals surface area contributed by atoms with Crippen molar-refractivity contribution < 1.29 is 18.9 Å². The zero-order valence-electron chi connectivity index (χ0n) is 6.96. The summed E-state index contributed by atoms with van der Waals surface area (Å²) in [6, 6.07) is 0. The van der Waals surface area contributed by atoms with Gasteiger partial charge in [0.1, 0.15) is 0 Å². The van der Waals surface area contributed by atoms with Gasteiger partial charge in [0.2, 0.25) is 0 Å². The SMILES string of the molecule is C1C2C3C4C1[C@@H]1O[C@H]2O[C@@H]3O[C@@H]4O1. The maximum atomic E-state index is 5.73. The molecule has 2 bridgehead atoms. The molecule has 1 aliphatic carbocycles. The predicted molar refractivity (Wildman–Crippen MR) is 38.1 cm³/mol. The lowest BCUT2D eigenvalue weighted by atomic mass is 9.91. The van der Waals surface area contributed by atoms with Gasteiger partial charge in [-0.3, -0.25) is 0 Å². The average Bonchev–Trinajstić information content (AvgIpc) is 2.73. The van der Waals surface area contributed by atoms with E-state index in [9.17, 15) is 0 Å². The first-order valence-corrected chi connectivity index (χ1v) is 5.04. The Morgan fingerprint density at radius 1 is 0.615 bits per heavy atom. The van der Waals surface area contributed by atoms with Crippen molar-refractivity contribution in [3.63, 3.8) is 0 Å². The highest BCUT2D eigenvalue weighted by atomic mass is 16.9. The van der Waals surface area contributed by atoms with Gasteiger partial charge in [-0.1, -0.05) is 0 Å². The van der Waals surface area contributed by atoms with Gasteiger partial charge >= 0.3 is 0 Å². The Hall–Kier alpha value is -0.160. The minimum atomic E-state index is -0.0394. The largest absolute Gasteiger partial charge is 0.323 e. The Balaban J connectivity index is 1.79. The second-order valence-corrected chi connectivity index (χ2v) is 4.74. The van der Waals surface area contributed by atoms with E-state index in [0.717, 1.165) is 0 Å². The van der Waals surface area contributed by atoms with E-state index in [1.807, 2.05) is 0 Å². The van der Waals surface area contributed by atoms with Crippen molar-refractivity contribution in [2.45, 2.75) is 31.6 Å². The molecule has 5 fully saturated rings. The van der Waals surface area contributed by atoms with Gasteiger partial charge in [0, 0.05) is 23.7 Å². The van der Waals surface area contributed by atoms with Crippen LogP contribution in [0.5, 0.6) is 0 Å². The molecule has 4 unspecified atom stereocenters. The van der Waals surface area contributed by atoms with Crippen LogP contribution in [0.1, 0.15) is 6.42 Å². The molecule has 0 radical (unpaired) electrons. The first-order chi connectivity index (χ1) is 6.42. The molecule has 0 aromatic carbocycles. The van der Waals surface area contributed by atoms with Crippen LogP contribution in [0.25, 0.3) is 0 Å². The normalized spacial score (nSPS) is 75.7. The Morgan fingerprint density at radius 3 is 1.69 bits per heavy atom. The highest BCUT2D eigenvalue weighted by Gasteiger charge is 2.72. The fourth-order valence-electron chi connectivity index (χ4n) is 3.97. The molecule has 4 saturated heterocycles. The highest BCUT2D eigenvalue weighted by Crippen LogP contribution is 2.65. The van der Waals surface area contributed by atoms with Gasteiger partial charge in [-0.2, -0.15) is 0 Å². The molecule has 0 N–H and O–H groups in total. The first kappa shape index (κ1) is 6.35. The molecule has 13 heavy (non-hydrogen) atoms. The number of hydrogen-bond donors (Lipinski definition) is 0. The van der Waals surface area contributed by atoms with Gasteiger partial charge in [-0.05, 0) is 6.42 Å². The lowest BCUT2D eigenvalue weighted by Crippen LogP contribution is -2.37. The third-order valence-electron chi connectivity index (χ3n) is 4.38. The van der Waals surface area contributed by atoms with Crippen LogP contribution in [0.15, 0.2) is 0 Å². The summed E-state index contributed by atoms with van der Waals surface area (Å²) in [7, 11) is 0. The molecule has 5 rings (SSSR count). The molecule has 0 aromatic rings. The smallest absolute Gasteiger partial charge is 0.167 e. The Kier molecular flexibility index (Phi) is 0.817. The van der Waals surface area contributed by atoms with Crippen LogP contribution in [0, 0.1) is 23.7 Å². The van der Waals surface area contributed by atoms with Gasteiger partial charge in [0.25, 0.3) is 0 Å². The minimum Gasteiger partial charge on any atom is -0.323 e. The van der Waals surface area contributed by atoms with Crippen LogP contribution in [0.3, 0.4) is 0 Å². The first-order valence-electron chi connectivity index (χ1n) is 5.04. The summed E-state index contributed by atoms with van der Waals surface area (Å²) >= 11 is 0. The van der Waals surface area contributed by atoms with Gasteiger partial charge in [0.15, 0.2) is 25.2 Å². The molecule has 0 aromatic heterocycles. The summed E-state index contributed by atoms with van der Waals surface area (Å²) in [6.45, 7) is 0. The Morgan fingerprint density at radius 2 is 1.08 bits per heavy atom. The van der Waals surface area contributed by atoms with Crippen molar-refractivity contribution in [1.82, 2.24) is 0 Å². The van der Waals surface area contributed by atoms with Crippen LogP contribution in [-0.4, -0.2) is 25.2 Å². The second kappa shape index (κ2) is 1.67. The predicted octanol–water partition coefficient (Wildman–Crippen LogP) is 0.280. The number of hydrogen-bond acceptors (Lipinski definition) is 4. The maximum Gasteiger partial charge on any atom is 0.167 e. The van der Waals surface area contributed by atoms with Crippen molar-refractivity contribution in [3.05, 3.63) is 0 Å². The van der Waals surface area contributed by atoms with Crippen molar-refractivity contribution in [2.75, 3.05) is 0 Å². The zero-order chi connectivity index (χ0) is 8.15. The molecule has 0 amide bonds. The fourth-order valence-corrected chi connectivity index (χ4v) is 3.97. The van der Waals surface area contributed by atoms with E-state index in [0.29, 0.717) is 23.7 Å². The molecule has 0 spiro atoms. The van der Waals surface area contributed by atoms with E-state index in [2.05, 4.69) is 0 Å². The van der Waals surface area contributed by atoms with Crippen LogP contribution >= 0.6 is 0 Å². The molecule has 4 nitrogen and oxygen atoms in total. The average molecular weight is 182 g/mol. The van der Waals surface area contributed by atoms with Gasteiger partial charge in [-0.25, -0.2) is 0 Å². The van der Waals surface area contributed by atoms with Gasteiger partial charge < -0.3 is 18.9 Å². The number of ether oxygens (including phenoxy) is 4. The molecule has 4 heteroatoms. The molecule has 4 aliphatic heterocycles. The van der Waals surface area contributed by atoms with E-state index >= 15 is 0 Å². The van der Waals surface area contributed by atoms with Crippen molar-refractivity contribution in [2.24, 2.45) is 23.7 Å². The Labute approximate surface area is 75.1 Å².